The van der Waals surface area contributed by atoms with Gasteiger partial charge in [0.15, 0.2) is 0 Å². The number of halogens is 1. The normalized spacial score (nSPS) is 11.1. The third-order valence-electron chi connectivity index (χ3n) is 4.51. The Morgan fingerprint density at radius 3 is 2.54 bits per heavy atom. The molecule has 0 aliphatic rings. The Hall–Kier alpha value is -2.99. The highest BCUT2D eigenvalue weighted by Crippen LogP contribution is 2.30. The van der Waals surface area contributed by atoms with E-state index in [-0.39, 0.29) is 11.4 Å². The van der Waals surface area contributed by atoms with Crippen molar-refractivity contribution in [2.24, 2.45) is 0 Å². The summed E-state index contributed by atoms with van der Waals surface area (Å²) in [6.45, 7) is 4.81. The van der Waals surface area contributed by atoms with Crippen molar-refractivity contribution in [3.63, 3.8) is 0 Å². The zero-order chi connectivity index (χ0) is 19.7. The molecule has 0 saturated carbocycles. The lowest BCUT2D eigenvalue weighted by Crippen LogP contribution is -2.23. The van der Waals surface area contributed by atoms with Gasteiger partial charge in [0.1, 0.15) is 23.0 Å². The molecule has 4 aromatic rings. The van der Waals surface area contributed by atoms with Crippen LogP contribution in [-0.4, -0.2) is 16.2 Å². The number of ether oxygens (including phenoxy) is 1. The Kier molecular flexibility index (Phi) is 4.96. The Labute approximate surface area is 165 Å². The van der Waals surface area contributed by atoms with Gasteiger partial charge in [0.2, 0.25) is 0 Å². The fourth-order valence-corrected chi connectivity index (χ4v) is 4.15. The summed E-state index contributed by atoms with van der Waals surface area (Å²) in [6, 6.07) is 12.2. The van der Waals surface area contributed by atoms with Gasteiger partial charge in [-0.15, -0.1) is 11.3 Å². The SMILES string of the molecule is Cc1cc(C)cc(OCCn2cnc3scc(-c4ccc(F)cc4)c3c2=O)c1. The molecular weight excluding hydrogens is 375 g/mol. The van der Waals surface area contributed by atoms with Crippen LogP contribution in [0.25, 0.3) is 21.3 Å². The second kappa shape index (κ2) is 7.56. The number of benzene rings is 2. The molecule has 0 atom stereocenters. The molecule has 4 rings (SSSR count). The summed E-state index contributed by atoms with van der Waals surface area (Å²) in [4.78, 5) is 18.1. The molecule has 0 unspecified atom stereocenters. The van der Waals surface area contributed by atoms with E-state index in [1.807, 2.05) is 31.4 Å². The first kappa shape index (κ1) is 18.4. The first-order valence-electron chi connectivity index (χ1n) is 8.95. The van der Waals surface area contributed by atoms with Crippen LogP contribution >= 0.6 is 11.3 Å². The number of aryl methyl sites for hydroxylation is 2. The van der Waals surface area contributed by atoms with Crippen molar-refractivity contribution in [2.45, 2.75) is 20.4 Å². The highest BCUT2D eigenvalue weighted by atomic mass is 32.1. The van der Waals surface area contributed by atoms with Gasteiger partial charge in [-0.2, -0.15) is 0 Å². The van der Waals surface area contributed by atoms with E-state index in [1.54, 1.807) is 23.0 Å². The summed E-state index contributed by atoms with van der Waals surface area (Å²) in [7, 11) is 0. The van der Waals surface area contributed by atoms with Gasteiger partial charge in [-0.1, -0.05) is 18.2 Å². The Morgan fingerprint density at radius 1 is 1.11 bits per heavy atom. The zero-order valence-corrected chi connectivity index (χ0v) is 16.4. The number of hydrogen-bond acceptors (Lipinski definition) is 4. The molecule has 28 heavy (non-hydrogen) atoms. The molecule has 0 fully saturated rings. The molecule has 4 nitrogen and oxygen atoms in total. The lowest BCUT2D eigenvalue weighted by atomic mass is 10.1. The monoisotopic (exact) mass is 394 g/mol. The molecule has 0 aliphatic heterocycles. The molecule has 0 aliphatic carbocycles. The van der Waals surface area contributed by atoms with Crippen LogP contribution in [0.5, 0.6) is 5.75 Å². The minimum absolute atomic E-state index is 0.116. The molecule has 0 bridgehead atoms. The van der Waals surface area contributed by atoms with Crippen LogP contribution in [0.4, 0.5) is 4.39 Å². The van der Waals surface area contributed by atoms with Crippen LogP contribution in [0.15, 0.2) is 59.0 Å². The number of aromatic nitrogens is 2. The number of rotatable bonds is 5. The molecule has 6 heteroatoms. The van der Waals surface area contributed by atoms with E-state index in [2.05, 4.69) is 11.1 Å². The van der Waals surface area contributed by atoms with Gasteiger partial charge in [0.25, 0.3) is 5.56 Å². The van der Waals surface area contributed by atoms with Gasteiger partial charge in [0, 0.05) is 10.9 Å². The van der Waals surface area contributed by atoms with Crippen molar-refractivity contribution < 1.29 is 9.13 Å². The lowest BCUT2D eigenvalue weighted by Gasteiger charge is -2.10. The topological polar surface area (TPSA) is 44.1 Å². The molecule has 0 radical (unpaired) electrons. The van der Waals surface area contributed by atoms with Gasteiger partial charge >= 0.3 is 0 Å². The Balaban J connectivity index is 1.60. The second-order valence-corrected chi connectivity index (χ2v) is 7.61. The predicted molar refractivity (Wildman–Crippen MR) is 111 cm³/mol. The molecule has 142 valence electrons. The number of fused-ring (bicyclic) bond motifs is 1. The summed E-state index contributed by atoms with van der Waals surface area (Å²) in [5, 5.41) is 2.45. The van der Waals surface area contributed by atoms with Crippen molar-refractivity contribution in [1.29, 1.82) is 0 Å². The number of thiophene rings is 1. The van der Waals surface area contributed by atoms with Crippen molar-refractivity contribution in [2.75, 3.05) is 6.61 Å². The first-order valence-corrected chi connectivity index (χ1v) is 9.83. The van der Waals surface area contributed by atoms with Gasteiger partial charge in [0.05, 0.1) is 18.3 Å². The molecule has 0 spiro atoms. The third kappa shape index (κ3) is 3.68. The van der Waals surface area contributed by atoms with Crippen molar-refractivity contribution >= 4 is 21.6 Å². The smallest absolute Gasteiger partial charge is 0.262 e. The maximum atomic E-state index is 13.2. The van der Waals surface area contributed by atoms with Crippen molar-refractivity contribution in [3.05, 3.63) is 81.5 Å². The van der Waals surface area contributed by atoms with Gasteiger partial charge in [-0.05, 0) is 54.8 Å². The van der Waals surface area contributed by atoms with Crippen LogP contribution in [0.1, 0.15) is 11.1 Å². The minimum atomic E-state index is -0.303. The third-order valence-corrected chi connectivity index (χ3v) is 5.40. The number of nitrogens with zero attached hydrogens (tertiary/aromatic N) is 2. The van der Waals surface area contributed by atoms with Gasteiger partial charge in [-0.25, -0.2) is 9.37 Å². The molecule has 2 aromatic carbocycles. The van der Waals surface area contributed by atoms with Gasteiger partial charge in [-0.3, -0.25) is 9.36 Å². The van der Waals surface area contributed by atoms with E-state index < -0.39 is 0 Å². The molecule has 0 N–H and O–H groups in total. The van der Waals surface area contributed by atoms with E-state index in [0.29, 0.717) is 23.4 Å². The first-order chi connectivity index (χ1) is 13.5. The van der Waals surface area contributed by atoms with E-state index in [1.165, 1.54) is 23.5 Å². The summed E-state index contributed by atoms with van der Waals surface area (Å²) in [5.41, 5.74) is 3.74. The molecule has 0 saturated heterocycles. The summed E-state index contributed by atoms with van der Waals surface area (Å²) in [5.74, 6) is 0.490. The van der Waals surface area contributed by atoms with Crippen LogP contribution < -0.4 is 10.3 Å². The van der Waals surface area contributed by atoms with E-state index >= 15 is 0 Å². The van der Waals surface area contributed by atoms with Crippen LogP contribution in [-0.2, 0) is 6.54 Å². The fraction of sp³-hybridized carbons (Fsp3) is 0.182. The maximum Gasteiger partial charge on any atom is 0.262 e. The van der Waals surface area contributed by atoms with E-state index in [0.717, 1.165) is 28.0 Å². The number of hydrogen-bond donors (Lipinski definition) is 0. The zero-order valence-electron chi connectivity index (χ0n) is 15.6. The quantitative estimate of drug-likeness (QED) is 0.481. The van der Waals surface area contributed by atoms with Crippen LogP contribution in [0, 0.1) is 19.7 Å². The minimum Gasteiger partial charge on any atom is -0.492 e. The van der Waals surface area contributed by atoms with Crippen molar-refractivity contribution in [1.82, 2.24) is 9.55 Å². The summed E-state index contributed by atoms with van der Waals surface area (Å²) >= 11 is 1.41. The highest BCUT2D eigenvalue weighted by Gasteiger charge is 2.13. The Morgan fingerprint density at radius 2 is 1.82 bits per heavy atom. The second-order valence-electron chi connectivity index (χ2n) is 6.75. The fourth-order valence-electron chi connectivity index (χ4n) is 3.25. The molecule has 0 amide bonds. The largest absolute Gasteiger partial charge is 0.492 e. The van der Waals surface area contributed by atoms with Crippen LogP contribution in [0.3, 0.4) is 0 Å². The lowest BCUT2D eigenvalue weighted by molar-refractivity contribution is 0.295. The Bertz CT molecular complexity index is 1180. The van der Waals surface area contributed by atoms with Crippen LogP contribution in [0.2, 0.25) is 0 Å². The predicted octanol–water partition coefficient (Wildman–Crippen LogP) is 4.96. The summed E-state index contributed by atoms with van der Waals surface area (Å²) < 4.78 is 20.6. The van der Waals surface area contributed by atoms with E-state index in [9.17, 15) is 9.18 Å². The summed E-state index contributed by atoms with van der Waals surface area (Å²) in [6.07, 6.45) is 1.56. The van der Waals surface area contributed by atoms with E-state index in [4.69, 9.17) is 4.74 Å². The highest BCUT2D eigenvalue weighted by molar-refractivity contribution is 7.17. The average molecular weight is 394 g/mol. The standard InChI is InChI=1S/C22H19FN2O2S/c1-14-9-15(2)11-18(10-14)27-8-7-25-13-24-21-20(22(25)26)19(12-28-21)16-3-5-17(23)6-4-16/h3-6,9-13H,7-8H2,1-2H3. The van der Waals surface area contributed by atoms with Gasteiger partial charge < -0.3 is 4.74 Å². The molecular formula is C22H19FN2O2S. The maximum absolute atomic E-state index is 13.2. The molecule has 2 heterocycles. The average Bonchev–Trinajstić information content (AvgIpc) is 3.08. The van der Waals surface area contributed by atoms with Crippen molar-refractivity contribution in [3.8, 4) is 16.9 Å². The molecule has 2 aromatic heterocycles.